The van der Waals surface area contributed by atoms with Crippen molar-refractivity contribution in [3.8, 4) is 5.75 Å². The third-order valence-corrected chi connectivity index (χ3v) is 7.37. The van der Waals surface area contributed by atoms with Gasteiger partial charge >= 0.3 is 5.97 Å². The zero-order chi connectivity index (χ0) is 27.4. The van der Waals surface area contributed by atoms with Crippen LogP contribution in [0.15, 0.2) is 23.4 Å². The summed E-state index contributed by atoms with van der Waals surface area (Å²) in [7, 11) is 6.06. The molecule has 14 heteroatoms. The molecule has 0 bridgehead atoms. The molecule has 0 saturated carbocycles. The summed E-state index contributed by atoms with van der Waals surface area (Å²) < 4.78 is 39.0. The second-order valence-corrected chi connectivity index (χ2v) is 9.99. The number of rotatable bonds is 9. The van der Waals surface area contributed by atoms with Crippen molar-refractivity contribution >= 4 is 45.9 Å². The lowest BCUT2D eigenvalue weighted by atomic mass is 10.1. The summed E-state index contributed by atoms with van der Waals surface area (Å²) in [5.41, 5.74) is 0.541. The minimum atomic E-state index is -0.842. The molecule has 1 unspecified atom stereocenters. The van der Waals surface area contributed by atoms with E-state index >= 15 is 0 Å². The number of halogens is 2. The van der Waals surface area contributed by atoms with Crippen molar-refractivity contribution < 1.29 is 32.6 Å². The third kappa shape index (κ3) is 6.25. The number of carbonyl (C=O) groups excluding carboxylic acids is 3. The van der Waals surface area contributed by atoms with Gasteiger partial charge in [-0.25, -0.2) is 13.6 Å². The average molecular weight is 554 g/mol. The Kier molecular flexibility index (Phi) is 8.86. The number of anilines is 1. The number of hydrogen-bond acceptors (Lipinski definition) is 9. The molecule has 0 aliphatic heterocycles. The first-order valence-electron chi connectivity index (χ1n) is 10.8. The summed E-state index contributed by atoms with van der Waals surface area (Å²) in [5, 5.41) is 11.4. The number of hydrogen-bond donors (Lipinski definition) is 1. The highest BCUT2D eigenvalue weighted by atomic mass is 32.2. The highest BCUT2D eigenvalue weighted by Crippen LogP contribution is 2.34. The molecule has 0 saturated heterocycles. The van der Waals surface area contributed by atoms with Gasteiger partial charge in [0.1, 0.15) is 10.8 Å². The van der Waals surface area contributed by atoms with Gasteiger partial charge in [-0.2, -0.15) is 0 Å². The summed E-state index contributed by atoms with van der Waals surface area (Å²) in [6, 6.07) is 2.99. The molecule has 1 N–H and O–H groups in total. The van der Waals surface area contributed by atoms with Crippen LogP contribution >= 0.6 is 23.1 Å². The summed E-state index contributed by atoms with van der Waals surface area (Å²) in [5.74, 6) is -2.82. The van der Waals surface area contributed by atoms with E-state index in [1.165, 1.54) is 18.1 Å². The van der Waals surface area contributed by atoms with Crippen LogP contribution in [0.4, 0.5) is 13.8 Å². The molecule has 0 aliphatic rings. The van der Waals surface area contributed by atoms with Crippen molar-refractivity contribution in [2.24, 2.45) is 7.05 Å². The molecule has 0 spiro atoms. The van der Waals surface area contributed by atoms with Crippen LogP contribution in [0.1, 0.15) is 44.4 Å². The molecule has 3 aromatic rings. The molecule has 1 atom stereocenters. The van der Waals surface area contributed by atoms with Crippen LogP contribution in [0.3, 0.4) is 0 Å². The van der Waals surface area contributed by atoms with Gasteiger partial charge in [0.15, 0.2) is 28.7 Å². The monoisotopic (exact) mass is 553 g/mol. The Bertz CT molecular complexity index is 1340. The number of carbonyl (C=O) groups is 3. The van der Waals surface area contributed by atoms with E-state index in [9.17, 15) is 23.2 Å². The van der Waals surface area contributed by atoms with E-state index in [4.69, 9.17) is 9.47 Å². The Hall–Kier alpha value is -3.52. The fourth-order valence-corrected chi connectivity index (χ4v) is 5.22. The van der Waals surface area contributed by atoms with Gasteiger partial charge < -0.3 is 24.3 Å². The van der Waals surface area contributed by atoms with E-state index in [-0.39, 0.29) is 28.0 Å². The molecule has 198 valence electrons. The third-order valence-electron chi connectivity index (χ3n) is 5.15. The minimum absolute atomic E-state index is 0.0810. The van der Waals surface area contributed by atoms with Gasteiger partial charge in [0, 0.05) is 27.2 Å². The lowest BCUT2D eigenvalue weighted by molar-refractivity contribution is -0.113. The van der Waals surface area contributed by atoms with Crippen molar-refractivity contribution in [1.82, 2.24) is 19.7 Å². The first-order chi connectivity index (χ1) is 17.4. The zero-order valence-corrected chi connectivity index (χ0v) is 22.6. The largest absolute Gasteiger partial charge is 0.480 e. The average Bonchev–Trinajstić information content (AvgIpc) is 3.37. The fourth-order valence-electron chi connectivity index (χ4n) is 3.27. The van der Waals surface area contributed by atoms with Crippen LogP contribution in [0, 0.1) is 18.6 Å². The summed E-state index contributed by atoms with van der Waals surface area (Å²) in [6.45, 7) is 3.25. The molecule has 10 nitrogen and oxygen atoms in total. The zero-order valence-electron chi connectivity index (χ0n) is 20.9. The van der Waals surface area contributed by atoms with Crippen LogP contribution in [-0.2, 0) is 16.6 Å². The number of nitrogens with zero attached hydrogens (tertiary/aromatic N) is 4. The van der Waals surface area contributed by atoms with Gasteiger partial charge in [-0.05, 0) is 31.5 Å². The lowest BCUT2D eigenvalue weighted by Crippen LogP contribution is -2.21. The Morgan fingerprint density at radius 1 is 1.24 bits per heavy atom. The second kappa shape index (κ2) is 11.7. The Labute approximate surface area is 220 Å². The van der Waals surface area contributed by atoms with E-state index in [2.05, 4.69) is 15.5 Å². The van der Waals surface area contributed by atoms with Crippen molar-refractivity contribution in [1.29, 1.82) is 0 Å². The number of benzene rings is 1. The molecule has 2 aromatic heterocycles. The molecule has 2 amide bonds. The quantitative estimate of drug-likeness (QED) is 0.314. The number of ether oxygens (including phenoxy) is 2. The van der Waals surface area contributed by atoms with Gasteiger partial charge in [-0.3, -0.25) is 9.59 Å². The first kappa shape index (κ1) is 28.1. The Balaban J connectivity index is 1.70. The van der Waals surface area contributed by atoms with Crippen LogP contribution in [0.2, 0.25) is 0 Å². The van der Waals surface area contributed by atoms with Gasteiger partial charge in [-0.1, -0.05) is 11.8 Å². The smallest absolute Gasteiger partial charge is 0.341 e. The van der Waals surface area contributed by atoms with Crippen LogP contribution in [0.25, 0.3) is 0 Å². The highest BCUT2D eigenvalue weighted by molar-refractivity contribution is 7.99. The topological polar surface area (TPSA) is 116 Å². The van der Waals surface area contributed by atoms with E-state index in [1.807, 2.05) is 0 Å². The molecular formula is C23H25F2N5O5S2. The van der Waals surface area contributed by atoms with Gasteiger partial charge in [0.25, 0.3) is 5.91 Å². The Morgan fingerprint density at radius 3 is 2.57 bits per heavy atom. The first-order valence-corrected chi connectivity index (χ1v) is 12.6. The molecule has 0 radical (unpaired) electrons. The predicted octanol–water partition coefficient (Wildman–Crippen LogP) is 3.82. The summed E-state index contributed by atoms with van der Waals surface area (Å²) in [6.07, 6.45) is -0.718. The van der Waals surface area contributed by atoms with Crippen molar-refractivity contribution in [2.75, 3.05) is 32.3 Å². The minimum Gasteiger partial charge on any atom is -0.480 e. The number of amides is 2. The number of thioether (sulfide) groups is 1. The summed E-state index contributed by atoms with van der Waals surface area (Å²) in [4.78, 5) is 39.2. The predicted molar refractivity (Wildman–Crippen MR) is 134 cm³/mol. The van der Waals surface area contributed by atoms with Crippen LogP contribution < -0.4 is 10.1 Å². The molecule has 1 aromatic carbocycles. The number of aromatic nitrogens is 3. The lowest BCUT2D eigenvalue weighted by Gasteiger charge is -2.14. The highest BCUT2D eigenvalue weighted by Gasteiger charge is 2.27. The van der Waals surface area contributed by atoms with E-state index in [0.29, 0.717) is 21.4 Å². The normalized spacial score (nSPS) is 11.7. The summed E-state index contributed by atoms with van der Waals surface area (Å²) >= 11 is 2.07. The van der Waals surface area contributed by atoms with Gasteiger partial charge in [0.05, 0.1) is 23.3 Å². The van der Waals surface area contributed by atoms with E-state index < -0.39 is 29.6 Å². The van der Waals surface area contributed by atoms with Gasteiger partial charge in [0.2, 0.25) is 5.91 Å². The second-order valence-electron chi connectivity index (χ2n) is 8.02. The number of methoxy groups -OCH3 is 1. The maximum Gasteiger partial charge on any atom is 0.341 e. The van der Waals surface area contributed by atoms with Crippen molar-refractivity contribution in [3.63, 3.8) is 0 Å². The van der Waals surface area contributed by atoms with Crippen LogP contribution in [-0.4, -0.2) is 64.4 Å². The van der Waals surface area contributed by atoms with Gasteiger partial charge in [-0.15, -0.1) is 21.5 Å². The maximum absolute atomic E-state index is 13.9. The molecule has 2 heterocycles. The van der Waals surface area contributed by atoms with E-state index in [0.717, 1.165) is 35.2 Å². The Morgan fingerprint density at radius 2 is 1.95 bits per heavy atom. The molecular weight excluding hydrogens is 528 g/mol. The number of thiophene rings is 1. The standard InChI is InChI=1S/C23H25F2N5O5S2/c1-11-17(22(33)34-6)20(37-18(11)21(32)29(3)4)26-16(31)10-36-23-28-27-19(30(23)5)12(2)35-15-8-7-13(24)9-14(15)25/h7-9,12H,10H2,1-6H3,(H,26,31). The maximum atomic E-state index is 13.9. The number of esters is 1. The molecule has 0 aliphatic carbocycles. The molecule has 0 fully saturated rings. The molecule has 37 heavy (non-hydrogen) atoms. The van der Waals surface area contributed by atoms with Crippen LogP contribution in [0.5, 0.6) is 5.75 Å². The number of nitrogens with one attached hydrogen (secondary N) is 1. The fraction of sp³-hybridized carbons (Fsp3) is 0.348. The van der Waals surface area contributed by atoms with E-state index in [1.54, 1.807) is 39.6 Å². The SMILES string of the molecule is COC(=O)c1c(NC(=O)CSc2nnc(C(C)Oc3ccc(F)cc3F)n2C)sc(C(=O)N(C)C)c1C. The van der Waals surface area contributed by atoms with Crippen molar-refractivity contribution in [3.05, 3.63) is 51.7 Å². The van der Waals surface area contributed by atoms with Crippen molar-refractivity contribution in [2.45, 2.75) is 25.1 Å². The molecule has 3 rings (SSSR count).